The maximum absolute atomic E-state index is 12.1. The maximum Gasteiger partial charge on any atom is 0.335 e. The summed E-state index contributed by atoms with van der Waals surface area (Å²) < 4.78 is 11.8. The average Bonchev–Trinajstić information content (AvgIpc) is 3.35. The summed E-state index contributed by atoms with van der Waals surface area (Å²) in [5.41, 5.74) is 4.52. The van der Waals surface area contributed by atoms with E-state index in [1.54, 1.807) is 42.6 Å². The van der Waals surface area contributed by atoms with Crippen molar-refractivity contribution in [3.05, 3.63) is 82.1 Å². The highest BCUT2D eigenvalue weighted by atomic mass is 35.5. The molecule has 2 aromatic carbocycles. The van der Waals surface area contributed by atoms with Crippen LogP contribution in [0.15, 0.2) is 54.7 Å². The number of hydrogen-bond donors (Lipinski definition) is 3. The number of carbonyl (C=O) groups excluding carboxylic acids is 1. The van der Waals surface area contributed by atoms with Crippen LogP contribution in [0, 0.1) is 0 Å². The fourth-order valence-corrected chi connectivity index (χ4v) is 4.34. The number of fused-ring (bicyclic) bond motifs is 1. The zero-order valence-corrected chi connectivity index (χ0v) is 20.6. The maximum atomic E-state index is 12.1. The molecular weight excluding hydrogens is 496 g/mol. The predicted octanol–water partition coefficient (Wildman–Crippen LogP) is 4.75. The molecule has 2 aromatic heterocycles. The van der Waals surface area contributed by atoms with Crippen LogP contribution in [0.5, 0.6) is 11.5 Å². The number of carbonyl (C=O) groups is 2. The number of aromatic amines is 1. The second-order valence-corrected chi connectivity index (χ2v) is 8.76. The number of aromatic nitrogens is 3. The third kappa shape index (κ3) is 5.12. The van der Waals surface area contributed by atoms with Crippen molar-refractivity contribution in [1.82, 2.24) is 20.3 Å². The number of halogens is 1. The van der Waals surface area contributed by atoms with Crippen molar-refractivity contribution in [3.63, 3.8) is 0 Å². The number of ether oxygens (including phenoxy) is 2. The number of amides is 1. The monoisotopic (exact) mass is 518 g/mol. The lowest BCUT2D eigenvalue weighted by atomic mass is 10.1. The van der Waals surface area contributed by atoms with Crippen molar-refractivity contribution in [2.24, 2.45) is 0 Å². The Morgan fingerprint density at radius 1 is 1.14 bits per heavy atom. The molecule has 188 valence electrons. The van der Waals surface area contributed by atoms with E-state index in [4.69, 9.17) is 31.2 Å². The lowest BCUT2D eigenvalue weighted by Gasteiger charge is -2.15. The van der Waals surface area contributed by atoms with Gasteiger partial charge in [-0.1, -0.05) is 23.7 Å². The first-order valence-corrected chi connectivity index (χ1v) is 12.1. The molecule has 0 saturated carbocycles. The van der Waals surface area contributed by atoms with E-state index in [9.17, 15) is 9.59 Å². The van der Waals surface area contributed by atoms with Crippen LogP contribution in [0.3, 0.4) is 0 Å². The summed E-state index contributed by atoms with van der Waals surface area (Å²) in [7, 11) is 0. The minimum absolute atomic E-state index is 0.0976. The van der Waals surface area contributed by atoms with Gasteiger partial charge < -0.3 is 24.9 Å². The van der Waals surface area contributed by atoms with E-state index in [1.165, 1.54) is 12.1 Å². The smallest absolute Gasteiger partial charge is 0.335 e. The molecule has 5 rings (SSSR count). The average molecular weight is 519 g/mol. The number of H-pyrrole nitrogens is 1. The van der Waals surface area contributed by atoms with E-state index in [-0.39, 0.29) is 18.1 Å². The van der Waals surface area contributed by atoms with Crippen molar-refractivity contribution in [2.75, 3.05) is 13.2 Å². The molecule has 0 unspecified atom stereocenters. The molecule has 37 heavy (non-hydrogen) atoms. The van der Waals surface area contributed by atoms with Crippen LogP contribution < -0.4 is 14.8 Å². The molecule has 0 atom stereocenters. The zero-order valence-electron chi connectivity index (χ0n) is 19.9. The molecule has 1 aliphatic heterocycles. The van der Waals surface area contributed by atoms with Gasteiger partial charge in [0.2, 0.25) is 0 Å². The van der Waals surface area contributed by atoms with Gasteiger partial charge in [0.15, 0.2) is 17.3 Å². The van der Waals surface area contributed by atoms with Crippen LogP contribution in [-0.4, -0.2) is 45.1 Å². The van der Waals surface area contributed by atoms with Crippen molar-refractivity contribution >= 4 is 23.5 Å². The van der Waals surface area contributed by atoms with Gasteiger partial charge in [-0.05, 0) is 48.9 Å². The fourth-order valence-electron chi connectivity index (χ4n) is 4.08. The second-order valence-electron chi connectivity index (χ2n) is 8.36. The minimum Gasteiger partial charge on any atom is -0.490 e. The highest BCUT2D eigenvalue weighted by molar-refractivity contribution is 6.32. The number of hydrogen-bond acceptors (Lipinski definition) is 6. The van der Waals surface area contributed by atoms with Crippen LogP contribution in [-0.2, 0) is 13.0 Å². The first kappa shape index (κ1) is 24.3. The van der Waals surface area contributed by atoms with Crippen LogP contribution in [0.4, 0.5) is 0 Å². The standard InChI is InChI=1S/C27H23ClN4O5/c1-2-36-23-12-17(11-19(28)24(23)37-14-15-3-5-16(6-4-15)27(34)35)25-29-9-8-21(32-25)22-13-18-20(31-22)7-10-30-26(18)33/h3-6,8-9,11-13,31H,2,7,10,14H2,1H3,(H,30,33)(H,34,35). The molecule has 9 nitrogen and oxygen atoms in total. The number of nitrogens with one attached hydrogen (secondary N) is 2. The Morgan fingerprint density at radius 3 is 2.68 bits per heavy atom. The molecule has 0 saturated heterocycles. The SMILES string of the molecule is CCOc1cc(-c2nccc(-c3cc4c([nH]3)CCNC4=O)n2)cc(Cl)c1OCc1ccc(C(=O)O)cc1. The van der Waals surface area contributed by atoms with Crippen molar-refractivity contribution < 1.29 is 24.2 Å². The van der Waals surface area contributed by atoms with Gasteiger partial charge in [0.25, 0.3) is 5.91 Å². The van der Waals surface area contributed by atoms with Gasteiger partial charge in [-0.3, -0.25) is 4.79 Å². The van der Waals surface area contributed by atoms with Gasteiger partial charge in [-0.15, -0.1) is 0 Å². The molecule has 4 aromatic rings. The Hall–Kier alpha value is -4.37. The third-order valence-corrected chi connectivity index (χ3v) is 6.17. The molecule has 0 radical (unpaired) electrons. The molecule has 0 bridgehead atoms. The van der Waals surface area contributed by atoms with Crippen molar-refractivity contribution in [3.8, 4) is 34.3 Å². The lowest BCUT2D eigenvalue weighted by molar-refractivity contribution is 0.0696. The van der Waals surface area contributed by atoms with E-state index in [0.717, 1.165) is 23.4 Å². The normalized spacial score (nSPS) is 12.5. The molecule has 3 heterocycles. The number of benzene rings is 2. The first-order valence-electron chi connectivity index (χ1n) is 11.7. The van der Waals surface area contributed by atoms with Gasteiger partial charge >= 0.3 is 5.97 Å². The Bertz CT molecular complexity index is 1480. The molecular formula is C27H23ClN4O5. The quantitative estimate of drug-likeness (QED) is 0.307. The molecule has 10 heteroatoms. The van der Waals surface area contributed by atoms with Gasteiger partial charge in [0.1, 0.15) is 6.61 Å². The van der Waals surface area contributed by atoms with Crippen molar-refractivity contribution in [2.45, 2.75) is 20.0 Å². The van der Waals surface area contributed by atoms with Gasteiger partial charge in [0.05, 0.1) is 34.1 Å². The molecule has 1 amide bonds. The zero-order chi connectivity index (χ0) is 25.9. The number of nitrogens with zero attached hydrogens (tertiary/aromatic N) is 2. The number of aromatic carboxylic acids is 1. The molecule has 0 aliphatic carbocycles. The summed E-state index contributed by atoms with van der Waals surface area (Å²) >= 11 is 6.61. The summed E-state index contributed by atoms with van der Waals surface area (Å²) in [6.07, 6.45) is 2.38. The Labute approximate surface area is 217 Å². The summed E-state index contributed by atoms with van der Waals surface area (Å²) in [6.45, 7) is 3.02. The highest BCUT2D eigenvalue weighted by Crippen LogP contribution is 2.40. The summed E-state index contributed by atoms with van der Waals surface area (Å²) in [4.78, 5) is 35.6. The van der Waals surface area contributed by atoms with E-state index in [1.807, 2.05) is 6.92 Å². The van der Waals surface area contributed by atoms with Crippen molar-refractivity contribution in [1.29, 1.82) is 0 Å². The third-order valence-electron chi connectivity index (χ3n) is 5.89. The molecule has 0 spiro atoms. The summed E-state index contributed by atoms with van der Waals surface area (Å²) in [5.74, 6) is 0.159. The minimum atomic E-state index is -0.989. The Kier molecular flexibility index (Phi) is 6.78. The van der Waals surface area contributed by atoms with E-state index in [0.29, 0.717) is 52.3 Å². The van der Waals surface area contributed by atoms with Gasteiger partial charge in [-0.25, -0.2) is 14.8 Å². The van der Waals surface area contributed by atoms with Gasteiger partial charge in [0, 0.05) is 30.4 Å². The van der Waals surface area contributed by atoms with Crippen LogP contribution in [0.2, 0.25) is 5.02 Å². The number of carboxylic acid groups (broad SMARTS) is 1. The summed E-state index contributed by atoms with van der Waals surface area (Å²) in [5, 5.41) is 12.2. The Morgan fingerprint density at radius 2 is 1.95 bits per heavy atom. The fraction of sp³-hybridized carbons (Fsp3) is 0.185. The molecule has 0 fully saturated rings. The number of rotatable bonds is 8. The second kappa shape index (κ2) is 10.3. The predicted molar refractivity (Wildman–Crippen MR) is 137 cm³/mol. The van der Waals surface area contributed by atoms with Crippen LogP contribution >= 0.6 is 11.6 Å². The number of carboxylic acids is 1. The first-order chi connectivity index (χ1) is 17.9. The molecule has 1 aliphatic rings. The topological polar surface area (TPSA) is 126 Å². The summed E-state index contributed by atoms with van der Waals surface area (Å²) in [6, 6.07) is 13.5. The van der Waals surface area contributed by atoms with E-state index < -0.39 is 5.97 Å². The van der Waals surface area contributed by atoms with Gasteiger partial charge in [-0.2, -0.15) is 0 Å². The van der Waals surface area contributed by atoms with E-state index in [2.05, 4.69) is 15.3 Å². The lowest BCUT2D eigenvalue weighted by Crippen LogP contribution is -2.31. The molecule has 3 N–H and O–H groups in total. The largest absolute Gasteiger partial charge is 0.490 e. The Balaban J connectivity index is 1.42. The van der Waals surface area contributed by atoms with Crippen LogP contribution in [0.25, 0.3) is 22.8 Å². The highest BCUT2D eigenvalue weighted by Gasteiger charge is 2.21. The van der Waals surface area contributed by atoms with E-state index >= 15 is 0 Å². The van der Waals surface area contributed by atoms with Crippen LogP contribution in [0.1, 0.15) is 38.9 Å².